The molecular formula is C17H17N3. The fourth-order valence-corrected chi connectivity index (χ4v) is 2.49. The van der Waals surface area contributed by atoms with Crippen molar-refractivity contribution in [2.75, 3.05) is 5.73 Å². The molecule has 0 aliphatic heterocycles. The molecule has 0 radical (unpaired) electrons. The number of aryl methyl sites for hydroxylation is 1. The fourth-order valence-electron chi connectivity index (χ4n) is 2.49. The van der Waals surface area contributed by atoms with Crippen LogP contribution in [0.3, 0.4) is 0 Å². The summed E-state index contributed by atoms with van der Waals surface area (Å²) in [6.45, 7) is 4.16. The van der Waals surface area contributed by atoms with E-state index in [4.69, 9.17) is 5.73 Å². The van der Waals surface area contributed by atoms with Crippen molar-refractivity contribution in [1.29, 1.82) is 0 Å². The molecule has 20 heavy (non-hydrogen) atoms. The van der Waals surface area contributed by atoms with Gasteiger partial charge in [0.1, 0.15) is 0 Å². The van der Waals surface area contributed by atoms with Crippen LogP contribution in [0.5, 0.6) is 0 Å². The lowest BCUT2D eigenvalue weighted by atomic mass is 10.1. The van der Waals surface area contributed by atoms with Crippen molar-refractivity contribution in [2.24, 2.45) is 0 Å². The summed E-state index contributed by atoms with van der Waals surface area (Å²) >= 11 is 0. The van der Waals surface area contributed by atoms with Crippen LogP contribution in [0, 0.1) is 13.8 Å². The summed E-state index contributed by atoms with van der Waals surface area (Å²) in [7, 11) is 0. The summed E-state index contributed by atoms with van der Waals surface area (Å²) < 4.78 is 2.24. The number of nitrogen functional groups attached to an aromatic ring is 1. The van der Waals surface area contributed by atoms with Gasteiger partial charge >= 0.3 is 0 Å². The maximum absolute atomic E-state index is 6.04. The lowest BCUT2D eigenvalue weighted by molar-refractivity contribution is 1.01. The van der Waals surface area contributed by atoms with Gasteiger partial charge in [-0.3, -0.25) is 4.98 Å². The van der Waals surface area contributed by atoms with Crippen molar-refractivity contribution in [2.45, 2.75) is 13.8 Å². The van der Waals surface area contributed by atoms with Crippen molar-refractivity contribution in [3.8, 4) is 16.9 Å². The maximum atomic E-state index is 6.04. The first kappa shape index (κ1) is 12.5. The predicted molar refractivity (Wildman–Crippen MR) is 82.9 cm³/mol. The maximum Gasteiger partial charge on any atom is 0.0532 e. The van der Waals surface area contributed by atoms with E-state index in [1.807, 2.05) is 36.7 Å². The minimum atomic E-state index is 0.816. The highest BCUT2D eigenvalue weighted by atomic mass is 15.0. The zero-order valence-electron chi connectivity index (χ0n) is 11.7. The van der Waals surface area contributed by atoms with E-state index in [1.54, 1.807) is 0 Å². The third-order valence-corrected chi connectivity index (χ3v) is 3.64. The van der Waals surface area contributed by atoms with Gasteiger partial charge in [0.05, 0.1) is 11.4 Å². The van der Waals surface area contributed by atoms with Crippen molar-refractivity contribution in [1.82, 2.24) is 9.55 Å². The Morgan fingerprint density at radius 1 is 0.950 bits per heavy atom. The van der Waals surface area contributed by atoms with Gasteiger partial charge < -0.3 is 10.3 Å². The molecule has 0 aliphatic rings. The molecule has 100 valence electrons. The summed E-state index contributed by atoms with van der Waals surface area (Å²) in [5.74, 6) is 0. The number of rotatable bonds is 2. The molecule has 3 heteroatoms. The standard InChI is InChI=1S/C17H17N3/c1-12-6-7-17(14-8-10-19-11-9-14)20(12)16-5-3-4-15(18)13(16)2/h3-11H,18H2,1-2H3. The minimum Gasteiger partial charge on any atom is -0.398 e. The van der Waals surface area contributed by atoms with Crippen LogP contribution in [0.25, 0.3) is 16.9 Å². The van der Waals surface area contributed by atoms with E-state index in [2.05, 4.69) is 41.6 Å². The van der Waals surface area contributed by atoms with Gasteiger partial charge in [-0.05, 0) is 55.8 Å². The van der Waals surface area contributed by atoms with Crippen LogP contribution in [0.15, 0.2) is 54.9 Å². The van der Waals surface area contributed by atoms with Gasteiger partial charge in [-0.1, -0.05) is 6.07 Å². The summed E-state index contributed by atoms with van der Waals surface area (Å²) in [6, 6.07) is 14.3. The Labute approximate surface area is 118 Å². The number of benzene rings is 1. The predicted octanol–water partition coefficient (Wildman–Crippen LogP) is 3.74. The second-order valence-corrected chi connectivity index (χ2v) is 4.92. The molecule has 0 fully saturated rings. The Kier molecular flexibility index (Phi) is 3.03. The summed E-state index contributed by atoms with van der Waals surface area (Å²) in [4.78, 5) is 4.08. The van der Waals surface area contributed by atoms with E-state index in [0.29, 0.717) is 0 Å². The van der Waals surface area contributed by atoms with Crippen molar-refractivity contribution < 1.29 is 0 Å². The smallest absolute Gasteiger partial charge is 0.0532 e. The lowest BCUT2D eigenvalue weighted by Crippen LogP contribution is -2.03. The van der Waals surface area contributed by atoms with Crippen LogP contribution >= 0.6 is 0 Å². The Bertz CT molecular complexity index is 742. The monoisotopic (exact) mass is 263 g/mol. The van der Waals surface area contributed by atoms with E-state index in [9.17, 15) is 0 Å². The van der Waals surface area contributed by atoms with Crippen LogP contribution < -0.4 is 5.73 Å². The topological polar surface area (TPSA) is 43.8 Å². The third-order valence-electron chi connectivity index (χ3n) is 3.64. The Morgan fingerprint density at radius 3 is 2.45 bits per heavy atom. The number of anilines is 1. The highest BCUT2D eigenvalue weighted by Gasteiger charge is 2.12. The molecule has 0 aliphatic carbocycles. The molecule has 3 aromatic rings. The Morgan fingerprint density at radius 2 is 1.70 bits per heavy atom. The number of hydrogen-bond donors (Lipinski definition) is 1. The molecule has 0 bridgehead atoms. The Hall–Kier alpha value is -2.55. The number of nitrogens with two attached hydrogens (primary N) is 1. The van der Waals surface area contributed by atoms with Crippen LogP contribution in [0.1, 0.15) is 11.3 Å². The average molecular weight is 263 g/mol. The number of hydrogen-bond acceptors (Lipinski definition) is 2. The lowest BCUT2D eigenvalue weighted by Gasteiger charge is -2.15. The third kappa shape index (κ3) is 1.97. The van der Waals surface area contributed by atoms with Gasteiger partial charge in [0, 0.05) is 29.3 Å². The molecule has 3 rings (SSSR count). The van der Waals surface area contributed by atoms with E-state index < -0.39 is 0 Å². The quantitative estimate of drug-likeness (QED) is 0.716. The average Bonchev–Trinajstić information content (AvgIpc) is 2.85. The van der Waals surface area contributed by atoms with Crippen molar-refractivity contribution in [3.63, 3.8) is 0 Å². The van der Waals surface area contributed by atoms with Gasteiger partial charge in [-0.25, -0.2) is 0 Å². The molecule has 2 heterocycles. The second-order valence-electron chi connectivity index (χ2n) is 4.92. The number of nitrogens with zero attached hydrogens (tertiary/aromatic N) is 2. The largest absolute Gasteiger partial charge is 0.398 e. The first-order valence-corrected chi connectivity index (χ1v) is 6.62. The zero-order valence-corrected chi connectivity index (χ0v) is 11.7. The van der Waals surface area contributed by atoms with E-state index in [1.165, 1.54) is 5.69 Å². The van der Waals surface area contributed by atoms with Gasteiger partial charge in [0.25, 0.3) is 0 Å². The van der Waals surface area contributed by atoms with Crippen LogP contribution in [-0.2, 0) is 0 Å². The number of pyridine rings is 1. The highest BCUT2D eigenvalue weighted by Crippen LogP contribution is 2.29. The molecule has 0 saturated heterocycles. The number of aromatic nitrogens is 2. The van der Waals surface area contributed by atoms with E-state index in [-0.39, 0.29) is 0 Å². The normalized spacial score (nSPS) is 10.7. The van der Waals surface area contributed by atoms with Crippen LogP contribution in [0.4, 0.5) is 5.69 Å². The van der Waals surface area contributed by atoms with Crippen LogP contribution in [0.2, 0.25) is 0 Å². The fraction of sp³-hybridized carbons (Fsp3) is 0.118. The molecule has 3 nitrogen and oxygen atoms in total. The van der Waals surface area contributed by atoms with Gasteiger partial charge in [0.2, 0.25) is 0 Å². The molecule has 0 unspecified atom stereocenters. The summed E-state index contributed by atoms with van der Waals surface area (Å²) in [5, 5.41) is 0. The molecule has 2 N–H and O–H groups in total. The first-order valence-electron chi connectivity index (χ1n) is 6.62. The zero-order chi connectivity index (χ0) is 14.1. The summed E-state index contributed by atoms with van der Waals surface area (Å²) in [6.07, 6.45) is 3.63. The van der Waals surface area contributed by atoms with E-state index in [0.717, 1.165) is 28.2 Å². The van der Waals surface area contributed by atoms with Crippen molar-refractivity contribution >= 4 is 5.69 Å². The molecule has 0 atom stereocenters. The Balaban J connectivity index is 2.25. The minimum absolute atomic E-state index is 0.816. The highest BCUT2D eigenvalue weighted by molar-refractivity contribution is 5.67. The molecule has 0 saturated carbocycles. The van der Waals surface area contributed by atoms with Gasteiger partial charge in [-0.2, -0.15) is 0 Å². The van der Waals surface area contributed by atoms with Gasteiger partial charge in [0.15, 0.2) is 0 Å². The van der Waals surface area contributed by atoms with Gasteiger partial charge in [-0.15, -0.1) is 0 Å². The second kappa shape index (κ2) is 4.85. The SMILES string of the molecule is Cc1c(N)cccc1-n1c(C)ccc1-c1ccncc1. The van der Waals surface area contributed by atoms with Crippen LogP contribution in [-0.4, -0.2) is 9.55 Å². The molecular weight excluding hydrogens is 246 g/mol. The molecule has 1 aromatic carbocycles. The van der Waals surface area contributed by atoms with E-state index >= 15 is 0 Å². The molecule has 0 amide bonds. The first-order chi connectivity index (χ1) is 9.68. The molecule has 0 spiro atoms. The summed E-state index contributed by atoms with van der Waals surface area (Å²) in [5.41, 5.74) is 12.6. The van der Waals surface area contributed by atoms with Crippen molar-refractivity contribution in [3.05, 3.63) is 66.1 Å². The molecule has 2 aromatic heterocycles.